The van der Waals surface area contributed by atoms with Gasteiger partial charge in [-0.2, -0.15) is 0 Å². The summed E-state index contributed by atoms with van der Waals surface area (Å²) in [5.74, 6) is -1.34. The second-order valence-corrected chi connectivity index (χ2v) is 3.93. The summed E-state index contributed by atoms with van der Waals surface area (Å²) in [6, 6.07) is 5.20. The molecule has 0 aliphatic carbocycles. The number of nitrogens with zero attached hydrogens (tertiary/aromatic N) is 2. The van der Waals surface area contributed by atoms with Gasteiger partial charge in [0.05, 0.1) is 5.52 Å². The lowest BCUT2D eigenvalue weighted by molar-refractivity contribution is -0.138. The van der Waals surface area contributed by atoms with E-state index in [1.165, 1.54) is 0 Å². The molecule has 1 aromatic carbocycles. The highest BCUT2D eigenvalue weighted by Gasteiger charge is 2.16. The van der Waals surface area contributed by atoms with Gasteiger partial charge < -0.3 is 5.11 Å². The van der Waals surface area contributed by atoms with Gasteiger partial charge in [0.25, 0.3) is 0 Å². The lowest BCUT2D eigenvalue weighted by atomic mass is 10.1. The minimum atomic E-state index is -0.937. The Morgan fingerprint density at radius 3 is 2.94 bits per heavy atom. The van der Waals surface area contributed by atoms with Crippen LogP contribution in [0.5, 0.6) is 0 Å². The SMILES string of the molecule is CC(C(=O)O)c1ncc2cc(Cl)ccc2n1. The quantitative estimate of drug-likeness (QED) is 0.870. The first-order chi connectivity index (χ1) is 7.58. The van der Waals surface area contributed by atoms with Crippen LogP contribution in [0.4, 0.5) is 0 Å². The minimum absolute atomic E-state index is 0.308. The number of halogens is 1. The molecule has 1 atom stereocenters. The monoisotopic (exact) mass is 236 g/mol. The van der Waals surface area contributed by atoms with E-state index in [2.05, 4.69) is 9.97 Å². The molecule has 5 heteroatoms. The van der Waals surface area contributed by atoms with E-state index < -0.39 is 11.9 Å². The van der Waals surface area contributed by atoms with Crippen molar-refractivity contribution in [2.45, 2.75) is 12.8 Å². The van der Waals surface area contributed by atoms with Gasteiger partial charge in [0.2, 0.25) is 0 Å². The summed E-state index contributed by atoms with van der Waals surface area (Å²) < 4.78 is 0. The van der Waals surface area contributed by atoms with E-state index in [1.54, 1.807) is 31.3 Å². The molecular formula is C11H9ClN2O2. The molecule has 4 nitrogen and oxygen atoms in total. The highest BCUT2D eigenvalue weighted by Crippen LogP contribution is 2.19. The fourth-order valence-corrected chi connectivity index (χ4v) is 1.52. The first-order valence-corrected chi connectivity index (χ1v) is 5.11. The molecule has 2 aromatic rings. The molecule has 1 unspecified atom stereocenters. The van der Waals surface area contributed by atoms with Crippen molar-refractivity contribution >= 4 is 28.5 Å². The molecule has 0 bridgehead atoms. The van der Waals surface area contributed by atoms with Crippen LogP contribution in [-0.4, -0.2) is 21.0 Å². The zero-order chi connectivity index (χ0) is 11.7. The van der Waals surface area contributed by atoms with Crippen LogP contribution in [0.15, 0.2) is 24.4 Å². The third-order valence-corrected chi connectivity index (χ3v) is 2.55. The third-order valence-electron chi connectivity index (χ3n) is 2.32. The summed E-state index contributed by atoms with van der Waals surface area (Å²) in [5, 5.41) is 10.3. The van der Waals surface area contributed by atoms with E-state index in [1.807, 2.05) is 0 Å². The van der Waals surface area contributed by atoms with Gasteiger partial charge in [0.15, 0.2) is 0 Å². The van der Waals surface area contributed by atoms with Crippen LogP contribution in [0, 0.1) is 0 Å². The van der Waals surface area contributed by atoms with Crippen molar-refractivity contribution in [3.8, 4) is 0 Å². The second kappa shape index (κ2) is 4.06. The molecule has 1 N–H and O–H groups in total. The van der Waals surface area contributed by atoms with Crippen LogP contribution in [0.25, 0.3) is 10.9 Å². The van der Waals surface area contributed by atoms with Gasteiger partial charge in [-0.1, -0.05) is 11.6 Å². The van der Waals surface area contributed by atoms with E-state index in [0.717, 1.165) is 5.39 Å². The van der Waals surface area contributed by atoms with E-state index in [9.17, 15) is 4.79 Å². The predicted molar refractivity (Wildman–Crippen MR) is 60.6 cm³/mol. The van der Waals surface area contributed by atoms with Crippen molar-refractivity contribution in [1.82, 2.24) is 9.97 Å². The highest BCUT2D eigenvalue weighted by atomic mass is 35.5. The minimum Gasteiger partial charge on any atom is -0.481 e. The normalized spacial score (nSPS) is 12.6. The number of carboxylic acid groups (broad SMARTS) is 1. The molecule has 1 aromatic heterocycles. The number of aromatic nitrogens is 2. The molecule has 0 saturated heterocycles. The Kier molecular flexibility index (Phi) is 2.75. The number of hydrogen-bond donors (Lipinski definition) is 1. The number of hydrogen-bond acceptors (Lipinski definition) is 3. The number of fused-ring (bicyclic) bond motifs is 1. The van der Waals surface area contributed by atoms with Crippen molar-refractivity contribution in [2.24, 2.45) is 0 Å². The van der Waals surface area contributed by atoms with Crippen molar-refractivity contribution in [1.29, 1.82) is 0 Å². The first-order valence-electron chi connectivity index (χ1n) is 4.73. The molecule has 82 valence electrons. The summed E-state index contributed by atoms with van der Waals surface area (Å²) in [6.07, 6.45) is 1.59. The summed E-state index contributed by atoms with van der Waals surface area (Å²) in [5.41, 5.74) is 0.697. The van der Waals surface area contributed by atoms with Crippen molar-refractivity contribution < 1.29 is 9.90 Å². The lowest BCUT2D eigenvalue weighted by Crippen LogP contribution is -2.11. The molecule has 16 heavy (non-hydrogen) atoms. The molecule has 0 saturated carbocycles. The van der Waals surface area contributed by atoms with Gasteiger partial charge in [0, 0.05) is 16.6 Å². The maximum absolute atomic E-state index is 10.8. The lowest BCUT2D eigenvalue weighted by Gasteiger charge is -2.05. The first kappa shape index (κ1) is 10.8. The van der Waals surface area contributed by atoms with Gasteiger partial charge in [-0.25, -0.2) is 9.97 Å². The zero-order valence-corrected chi connectivity index (χ0v) is 9.27. The van der Waals surface area contributed by atoms with Crippen LogP contribution >= 0.6 is 11.6 Å². The van der Waals surface area contributed by atoms with Crippen LogP contribution < -0.4 is 0 Å². The number of rotatable bonds is 2. The number of aliphatic carboxylic acids is 1. The summed E-state index contributed by atoms with van der Waals surface area (Å²) >= 11 is 5.82. The molecule has 0 aliphatic heterocycles. The Hall–Kier alpha value is -1.68. The largest absolute Gasteiger partial charge is 0.481 e. The standard InChI is InChI=1S/C11H9ClN2O2/c1-6(11(15)16)10-13-5-7-4-8(12)2-3-9(7)14-10/h2-6H,1H3,(H,15,16). The average molecular weight is 237 g/mol. The maximum atomic E-state index is 10.8. The topological polar surface area (TPSA) is 63.1 Å². The second-order valence-electron chi connectivity index (χ2n) is 3.49. The molecule has 0 amide bonds. The summed E-state index contributed by atoms with van der Waals surface area (Å²) in [6.45, 7) is 1.55. The summed E-state index contributed by atoms with van der Waals surface area (Å²) in [4.78, 5) is 19.0. The van der Waals surface area contributed by atoms with Gasteiger partial charge in [-0.05, 0) is 25.1 Å². The Balaban J connectivity index is 2.52. The Morgan fingerprint density at radius 2 is 2.25 bits per heavy atom. The number of carbonyl (C=O) groups is 1. The zero-order valence-electron chi connectivity index (χ0n) is 8.51. The summed E-state index contributed by atoms with van der Waals surface area (Å²) in [7, 11) is 0. The van der Waals surface area contributed by atoms with E-state index in [4.69, 9.17) is 16.7 Å². The van der Waals surface area contributed by atoms with Crippen LogP contribution in [-0.2, 0) is 4.79 Å². The van der Waals surface area contributed by atoms with Crippen LogP contribution in [0.1, 0.15) is 18.7 Å². The molecule has 0 spiro atoms. The Labute approximate surface area is 96.9 Å². The molecule has 0 fully saturated rings. The van der Waals surface area contributed by atoms with Crippen LogP contribution in [0.3, 0.4) is 0 Å². The Bertz CT molecular complexity index is 557. The fraction of sp³-hybridized carbons (Fsp3) is 0.182. The molecular weight excluding hydrogens is 228 g/mol. The van der Waals surface area contributed by atoms with Crippen LogP contribution in [0.2, 0.25) is 5.02 Å². The van der Waals surface area contributed by atoms with Crippen molar-refractivity contribution in [2.75, 3.05) is 0 Å². The van der Waals surface area contributed by atoms with Gasteiger partial charge in [-0.3, -0.25) is 4.79 Å². The third kappa shape index (κ3) is 1.97. The van der Waals surface area contributed by atoms with Gasteiger partial charge in [0.1, 0.15) is 11.7 Å². The van der Waals surface area contributed by atoms with Gasteiger partial charge in [-0.15, -0.1) is 0 Å². The van der Waals surface area contributed by atoms with E-state index >= 15 is 0 Å². The number of benzene rings is 1. The smallest absolute Gasteiger partial charge is 0.313 e. The number of carboxylic acids is 1. The maximum Gasteiger partial charge on any atom is 0.313 e. The molecule has 0 radical (unpaired) electrons. The predicted octanol–water partition coefficient (Wildman–Crippen LogP) is 2.47. The van der Waals surface area contributed by atoms with Crippen molar-refractivity contribution in [3.63, 3.8) is 0 Å². The van der Waals surface area contributed by atoms with E-state index in [-0.39, 0.29) is 0 Å². The van der Waals surface area contributed by atoms with Crippen molar-refractivity contribution in [3.05, 3.63) is 35.2 Å². The van der Waals surface area contributed by atoms with E-state index in [0.29, 0.717) is 16.4 Å². The molecule has 2 rings (SSSR count). The fourth-order valence-electron chi connectivity index (χ4n) is 1.34. The molecule has 1 heterocycles. The van der Waals surface area contributed by atoms with Gasteiger partial charge >= 0.3 is 5.97 Å². The average Bonchev–Trinajstić information content (AvgIpc) is 2.27. The highest BCUT2D eigenvalue weighted by molar-refractivity contribution is 6.31. The molecule has 0 aliphatic rings. The Morgan fingerprint density at radius 1 is 1.50 bits per heavy atom.